The van der Waals surface area contributed by atoms with E-state index in [0.29, 0.717) is 6.54 Å². The van der Waals surface area contributed by atoms with Crippen LogP contribution >= 0.6 is 12.4 Å². The lowest BCUT2D eigenvalue weighted by atomic mass is 10.1. The van der Waals surface area contributed by atoms with Gasteiger partial charge in [-0.3, -0.25) is 0 Å². The van der Waals surface area contributed by atoms with Gasteiger partial charge in [-0.2, -0.15) is 0 Å². The highest BCUT2D eigenvalue weighted by atomic mass is 35.5. The fourth-order valence-corrected chi connectivity index (χ4v) is 3.12. The quantitative estimate of drug-likeness (QED) is 0.883. The summed E-state index contributed by atoms with van der Waals surface area (Å²) in [7, 11) is -3.53. The maximum Gasteiger partial charge on any atom is 0.240 e. The van der Waals surface area contributed by atoms with E-state index in [1.807, 2.05) is 0 Å². The van der Waals surface area contributed by atoms with E-state index in [9.17, 15) is 12.8 Å². The Morgan fingerprint density at radius 1 is 1.28 bits per heavy atom. The van der Waals surface area contributed by atoms with Gasteiger partial charge in [-0.15, -0.1) is 12.4 Å². The van der Waals surface area contributed by atoms with Crippen molar-refractivity contribution >= 4 is 22.4 Å². The van der Waals surface area contributed by atoms with E-state index in [1.165, 1.54) is 12.1 Å². The van der Waals surface area contributed by atoms with E-state index < -0.39 is 15.8 Å². The zero-order valence-electron chi connectivity index (χ0n) is 9.73. The van der Waals surface area contributed by atoms with Crippen molar-refractivity contribution in [2.45, 2.75) is 23.8 Å². The first-order valence-corrected chi connectivity index (χ1v) is 7.05. The van der Waals surface area contributed by atoms with Crippen LogP contribution < -0.4 is 10.0 Å². The SMILES string of the molecule is Cl.O=S(=O)(N[C@@H]1CCCNC1)c1ccc(F)cc1. The summed E-state index contributed by atoms with van der Waals surface area (Å²) in [5, 5.41) is 3.13. The monoisotopic (exact) mass is 294 g/mol. The highest BCUT2D eigenvalue weighted by molar-refractivity contribution is 7.89. The van der Waals surface area contributed by atoms with Crippen molar-refractivity contribution in [1.29, 1.82) is 0 Å². The van der Waals surface area contributed by atoms with Crippen LogP contribution in [-0.2, 0) is 10.0 Å². The molecule has 1 aromatic rings. The Morgan fingerprint density at radius 3 is 2.50 bits per heavy atom. The summed E-state index contributed by atoms with van der Waals surface area (Å²) in [6.45, 7) is 1.56. The van der Waals surface area contributed by atoms with E-state index in [0.717, 1.165) is 31.5 Å². The van der Waals surface area contributed by atoms with Gasteiger partial charge in [0, 0.05) is 12.6 Å². The third-order valence-corrected chi connectivity index (χ3v) is 4.28. The van der Waals surface area contributed by atoms with Crippen molar-refractivity contribution < 1.29 is 12.8 Å². The topological polar surface area (TPSA) is 58.2 Å². The third-order valence-electron chi connectivity index (χ3n) is 2.74. The molecule has 0 radical (unpaired) electrons. The molecule has 0 aromatic heterocycles. The molecule has 2 N–H and O–H groups in total. The molecule has 1 saturated heterocycles. The third kappa shape index (κ3) is 3.91. The maximum atomic E-state index is 12.7. The lowest BCUT2D eigenvalue weighted by Crippen LogP contribution is -2.45. The number of halogens is 2. The summed E-state index contributed by atoms with van der Waals surface area (Å²) in [5.41, 5.74) is 0. The van der Waals surface area contributed by atoms with E-state index in [1.54, 1.807) is 0 Å². The zero-order chi connectivity index (χ0) is 12.3. The number of piperidine rings is 1. The Bertz CT molecular complexity index is 472. The van der Waals surface area contributed by atoms with Crippen LogP contribution in [0.15, 0.2) is 29.2 Å². The summed E-state index contributed by atoms with van der Waals surface area (Å²) < 4.78 is 39.2. The second-order valence-corrected chi connectivity index (χ2v) is 5.83. The van der Waals surface area contributed by atoms with Gasteiger partial charge >= 0.3 is 0 Å². The molecular weight excluding hydrogens is 279 g/mol. The number of nitrogens with one attached hydrogen (secondary N) is 2. The van der Waals surface area contributed by atoms with Gasteiger partial charge in [0.2, 0.25) is 10.0 Å². The molecule has 0 unspecified atom stereocenters. The first-order valence-electron chi connectivity index (χ1n) is 5.56. The normalized spacial score (nSPS) is 20.2. The van der Waals surface area contributed by atoms with Crippen LogP contribution in [-0.4, -0.2) is 27.5 Å². The minimum atomic E-state index is -3.53. The Morgan fingerprint density at radius 2 is 1.94 bits per heavy atom. The minimum absolute atomic E-state index is 0. The van der Waals surface area contributed by atoms with Gasteiger partial charge in [-0.05, 0) is 43.7 Å². The molecule has 0 spiro atoms. The summed E-state index contributed by atoms with van der Waals surface area (Å²) in [6, 6.07) is 4.75. The highest BCUT2D eigenvalue weighted by Gasteiger charge is 2.21. The first kappa shape index (κ1) is 15.4. The molecule has 0 amide bonds. The van der Waals surface area contributed by atoms with Crippen molar-refractivity contribution in [2.75, 3.05) is 13.1 Å². The van der Waals surface area contributed by atoms with Gasteiger partial charge in [0.25, 0.3) is 0 Å². The molecule has 2 rings (SSSR count). The van der Waals surface area contributed by atoms with Crippen LogP contribution in [0.25, 0.3) is 0 Å². The highest BCUT2D eigenvalue weighted by Crippen LogP contribution is 2.12. The molecule has 0 bridgehead atoms. The van der Waals surface area contributed by atoms with Crippen LogP contribution in [0.2, 0.25) is 0 Å². The van der Waals surface area contributed by atoms with Crippen LogP contribution in [0, 0.1) is 5.82 Å². The average molecular weight is 295 g/mol. The molecule has 1 aliphatic rings. The lowest BCUT2D eigenvalue weighted by Gasteiger charge is -2.23. The lowest BCUT2D eigenvalue weighted by molar-refractivity contribution is 0.428. The molecule has 0 aliphatic carbocycles. The zero-order valence-corrected chi connectivity index (χ0v) is 11.4. The Hall–Kier alpha value is -0.690. The fraction of sp³-hybridized carbons (Fsp3) is 0.455. The number of rotatable bonds is 3. The minimum Gasteiger partial charge on any atom is -0.315 e. The van der Waals surface area contributed by atoms with Gasteiger partial charge in [0.05, 0.1) is 4.90 Å². The van der Waals surface area contributed by atoms with E-state index in [2.05, 4.69) is 10.0 Å². The average Bonchev–Trinajstić information content (AvgIpc) is 2.30. The van der Waals surface area contributed by atoms with E-state index >= 15 is 0 Å². The molecule has 1 atom stereocenters. The summed E-state index contributed by atoms with van der Waals surface area (Å²) >= 11 is 0. The number of hydrogen-bond acceptors (Lipinski definition) is 3. The molecule has 102 valence electrons. The molecule has 4 nitrogen and oxygen atoms in total. The van der Waals surface area contributed by atoms with Crippen molar-refractivity contribution in [2.24, 2.45) is 0 Å². The molecular formula is C11H16ClFN2O2S. The van der Waals surface area contributed by atoms with Crippen molar-refractivity contribution in [3.8, 4) is 0 Å². The molecule has 1 aliphatic heterocycles. The van der Waals surface area contributed by atoms with E-state index in [4.69, 9.17) is 0 Å². The van der Waals surface area contributed by atoms with Gasteiger partial charge in [0.15, 0.2) is 0 Å². The van der Waals surface area contributed by atoms with Crippen LogP contribution in [0.3, 0.4) is 0 Å². The fourth-order valence-electron chi connectivity index (χ4n) is 1.85. The number of sulfonamides is 1. The smallest absolute Gasteiger partial charge is 0.240 e. The summed E-state index contributed by atoms with van der Waals surface area (Å²) in [4.78, 5) is 0.101. The van der Waals surface area contributed by atoms with Crippen LogP contribution in [0.4, 0.5) is 4.39 Å². The van der Waals surface area contributed by atoms with Crippen LogP contribution in [0.5, 0.6) is 0 Å². The van der Waals surface area contributed by atoms with Crippen molar-refractivity contribution in [1.82, 2.24) is 10.0 Å². The standard InChI is InChI=1S/C11H15FN2O2S.ClH/c12-9-3-5-11(6-4-9)17(15,16)14-10-2-1-7-13-8-10;/h3-6,10,13-14H,1-2,7-8H2;1H/t10-;/m1./s1. The predicted octanol–water partition coefficient (Wildman–Crippen LogP) is 1.28. The second kappa shape index (κ2) is 6.47. The number of hydrogen-bond donors (Lipinski definition) is 2. The second-order valence-electron chi connectivity index (χ2n) is 4.12. The molecule has 1 fully saturated rings. The summed E-state index contributed by atoms with van der Waals surface area (Å²) in [6.07, 6.45) is 1.78. The van der Waals surface area contributed by atoms with Gasteiger partial charge in [0.1, 0.15) is 5.82 Å². The summed E-state index contributed by atoms with van der Waals surface area (Å²) in [5.74, 6) is -0.441. The number of benzene rings is 1. The van der Waals surface area contributed by atoms with Crippen molar-refractivity contribution in [3.63, 3.8) is 0 Å². The largest absolute Gasteiger partial charge is 0.315 e. The van der Waals surface area contributed by atoms with E-state index in [-0.39, 0.29) is 23.3 Å². The molecule has 1 aromatic carbocycles. The molecule has 0 saturated carbocycles. The first-order chi connectivity index (χ1) is 8.08. The Kier molecular flexibility index (Phi) is 5.52. The Balaban J connectivity index is 0.00000162. The van der Waals surface area contributed by atoms with Gasteiger partial charge < -0.3 is 5.32 Å². The van der Waals surface area contributed by atoms with Crippen LogP contribution in [0.1, 0.15) is 12.8 Å². The molecule has 7 heteroatoms. The molecule has 18 heavy (non-hydrogen) atoms. The Labute approximate surface area is 112 Å². The predicted molar refractivity (Wildman–Crippen MR) is 69.9 cm³/mol. The van der Waals surface area contributed by atoms with Gasteiger partial charge in [-0.25, -0.2) is 17.5 Å². The maximum absolute atomic E-state index is 12.7. The van der Waals surface area contributed by atoms with Crippen molar-refractivity contribution in [3.05, 3.63) is 30.1 Å². The molecule has 1 heterocycles. The van der Waals surface area contributed by atoms with Gasteiger partial charge in [-0.1, -0.05) is 0 Å².